The molecule has 0 rings (SSSR count). The summed E-state index contributed by atoms with van der Waals surface area (Å²) in [7, 11) is 0. The predicted octanol–water partition coefficient (Wildman–Crippen LogP) is 3.49. The highest BCUT2D eigenvalue weighted by Gasteiger charge is 2.23. The van der Waals surface area contributed by atoms with Crippen LogP contribution in [-0.4, -0.2) is 31.8 Å². The Morgan fingerprint density at radius 1 is 1.07 bits per heavy atom. The summed E-state index contributed by atoms with van der Waals surface area (Å²) in [6.45, 7) is 11.9. The molecule has 0 spiro atoms. The Morgan fingerprint density at radius 3 is 2.13 bits per heavy atom. The molecule has 0 bridgehead atoms. The van der Waals surface area contributed by atoms with Gasteiger partial charge >= 0.3 is 0 Å². The smallest absolute Gasteiger partial charge is 0.0700 e. The summed E-state index contributed by atoms with van der Waals surface area (Å²) in [5.74, 6) is 0.559. The van der Waals surface area contributed by atoms with Crippen molar-refractivity contribution in [1.29, 1.82) is 0 Å². The molecule has 15 heavy (non-hydrogen) atoms. The minimum Gasteiger partial charge on any atom is -0.379 e. The number of hydrogen-bond donors (Lipinski definition) is 0. The van der Waals surface area contributed by atoms with Gasteiger partial charge in [-0.15, -0.1) is 0 Å². The minimum atomic E-state index is 0.299. The van der Waals surface area contributed by atoms with Gasteiger partial charge in [0.05, 0.1) is 19.8 Å². The van der Waals surface area contributed by atoms with Gasteiger partial charge in [-0.2, -0.15) is 0 Å². The molecule has 0 saturated carbocycles. The second-order valence-corrected chi connectivity index (χ2v) is 5.55. The van der Waals surface area contributed by atoms with E-state index in [-0.39, 0.29) is 0 Å². The number of hydrogen-bond acceptors (Lipinski definition) is 2. The zero-order valence-electron chi connectivity index (χ0n) is 10.5. The van der Waals surface area contributed by atoms with Crippen LogP contribution in [0.4, 0.5) is 0 Å². The van der Waals surface area contributed by atoms with Crippen LogP contribution in [0, 0.1) is 11.3 Å². The Bertz CT molecular complexity index is 143. The molecule has 0 saturated heterocycles. The number of alkyl halides is 1. The summed E-state index contributed by atoms with van der Waals surface area (Å²) in [5.41, 5.74) is 0.299. The average molecular weight is 281 g/mol. The van der Waals surface area contributed by atoms with E-state index in [1.165, 1.54) is 0 Å². The number of rotatable bonds is 8. The summed E-state index contributed by atoms with van der Waals surface area (Å²) >= 11 is 3.53. The molecule has 92 valence electrons. The van der Waals surface area contributed by atoms with Gasteiger partial charge in [-0.1, -0.05) is 43.6 Å². The molecule has 0 aliphatic rings. The highest BCUT2D eigenvalue weighted by molar-refractivity contribution is 9.09. The van der Waals surface area contributed by atoms with Crippen LogP contribution in [0.3, 0.4) is 0 Å². The number of ether oxygens (including phenoxy) is 2. The van der Waals surface area contributed by atoms with Gasteiger partial charge in [0.25, 0.3) is 0 Å². The van der Waals surface area contributed by atoms with E-state index in [1.54, 1.807) is 0 Å². The van der Waals surface area contributed by atoms with Crippen LogP contribution in [0.2, 0.25) is 0 Å². The van der Waals surface area contributed by atoms with Crippen LogP contribution < -0.4 is 0 Å². The van der Waals surface area contributed by atoms with E-state index in [1.807, 2.05) is 0 Å². The standard InChI is InChI=1S/C12H25BrO2/c1-5-6-14-7-8-15-10-11(9-13)12(2,3)4/h11H,5-10H2,1-4H3. The van der Waals surface area contributed by atoms with Crippen molar-refractivity contribution >= 4 is 15.9 Å². The van der Waals surface area contributed by atoms with Gasteiger partial charge in [0, 0.05) is 11.9 Å². The molecule has 0 amide bonds. The lowest BCUT2D eigenvalue weighted by Gasteiger charge is -2.28. The summed E-state index contributed by atoms with van der Waals surface area (Å²) in [6, 6.07) is 0. The molecule has 0 aromatic carbocycles. The van der Waals surface area contributed by atoms with Crippen molar-refractivity contribution in [2.24, 2.45) is 11.3 Å². The zero-order chi connectivity index (χ0) is 11.7. The molecule has 3 heteroatoms. The Balaban J connectivity index is 3.48. The number of halogens is 1. The molecule has 0 fully saturated rings. The second kappa shape index (κ2) is 8.54. The van der Waals surface area contributed by atoms with E-state index in [4.69, 9.17) is 9.47 Å². The Kier molecular flexibility index (Phi) is 8.77. The largest absolute Gasteiger partial charge is 0.379 e. The van der Waals surface area contributed by atoms with E-state index in [0.717, 1.165) is 25.0 Å². The fourth-order valence-electron chi connectivity index (χ4n) is 1.12. The van der Waals surface area contributed by atoms with Crippen LogP contribution in [0.15, 0.2) is 0 Å². The van der Waals surface area contributed by atoms with Crippen molar-refractivity contribution in [2.75, 3.05) is 31.8 Å². The highest BCUT2D eigenvalue weighted by Crippen LogP contribution is 2.27. The average Bonchev–Trinajstić information content (AvgIpc) is 2.15. The van der Waals surface area contributed by atoms with E-state index in [2.05, 4.69) is 43.6 Å². The molecule has 0 N–H and O–H groups in total. The molecular formula is C12H25BrO2. The van der Waals surface area contributed by atoms with Crippen molar-refractivity contribution in [3.63, 3.8) is 0 Å². The Morgan fingerprint density at radius 2 is 1.67 bits per heavy atom. The summed E-state index contributed by atoms with van der Waals surface area (Å²) < 4.78 is 11.0. The van der Waals surface area contributed by atoms with Gasteiger partial charge in [-0.25, -0.2) is 0 Å². The first kappa shape index (κ1) is 15.4. The molecule has 1 unspecified atom stereocenters. The molecule has 2 nitrogen and oxygen atoms in total. The van der Waals surface area contributed by atoms with Crippen LogP contribution in [-0.2, 0) is 9.47 Å². The van der Waals surface area contributed by atoms with Gasteiger partial charge in [-0.3, -0.25) is 0 Å². The maximum Gasteiger partial charge on any atom is 0.0700 e. The fraction of sp³-hybridized carbons (Fsp3) is 1.00. The molecule has 0 aliphatic carbocycles. The van der Waals surface area contributed by atoms with Crippen molar-refractivity contribution < 1.29 is 9.47 Å². The van der Waals surface area contributed by atoms with Gasteiger partial charge < -0.3 is 9.47 Å². The lowest BCUT2D eigenvalue weighted by atomic mass is 9.83. The van der Waals surface area contributed by atoms with Gasteiger partial charge in [0.15, 0.2) is 0 Å². The fourth-order valence-corrected chi connectivity index (χ4v) is 2.27. The van der Waals surface area contributed by atoms with Crippen LogP contribution in [0.1, 0.15) is 34.1 Å². The first-order valence-electron chi connectivity index (χ1n) is 5.73. The first-order valence-corrected chi connectivity index (χ1v) is 6.86. The summed E-state index contributed by atoms with van der Waals surface area (Å²) in [6.07, 6.45) is 1.08. The van der Waals surface area contributed by atoms with Gasteiger partial charge in [0.1, 0.15) is 0 Å². The third kappa shape index (κ3) is 8.23. The Labute approximate surface area is 103 Å². The third-order valence-electron chi connectivity index (χ3n) is 2.45. The topological polar surface area (TPSA) is 18.5 Å². The predicted molar refractivity (Wildman–Crippen MR) is 68.7 cm³/mol. The normalized spacial score (nSPS) is 14.2. The quantitative estimate of drug-likeness (QED) is 0.501. The van der Waals surface area contributed by atoms with E-state index >= 15 is 0 Å². The summed E-state index contributed by atoms with van der Waals surface area (Å²) in [4.78, 5) is 0. The molecular weight excluding hydrogens is 256 g/mol. The molecule has 1 atom stereocenters. The molecule has 0 aliphatic heterocycles. The third-order valence-corrected chi connectivity index (χ3v) is 3.23. The molecule has 0 radical (unpaired) electrons. The molecule has 0 aromatic heterocycles. The van der Waals surface area contributed by atoms with E-state index in [9.17, 15) is 0 Å². The lowest BCUT2D eigenvalue weighted by Crippen LogP contribution is -2.27. The maximum atomic E-state index is 5.60. The van der Waals surface area contributed by atoms with Gasteiger partial charge in [0.2, 0.25) is 0 Å². The first-order chi connectivity index (χ1) is 7.02. The van der Waals surface area contributed by atoms with Crippen molar-refractivity contribution in [3.05, 3.63) is 0 Å². The summed E-state index contributed by atoms with van der Waals surface area (Å²) in [5, 5.41) is 0.992. The minimum absolute atomic E-state index is 0.299. The van der Waals surface area contributed by atoms with E-state index in [0.29, 0.717) is 24.5 Å². The highest BCUT2D eigenvalue weighted by atomic mass is 79.9. The van der Waals surface area contributed by atoms with Crippen molar-refractivity contribution in [3.8, 4) is 0 Å². The molecule has 0 aromatic rings. The monoisotopic (exact) mass is 280 g/mol. The van der Waals surface area contributed by atoms with Crippen LogP contribution in [0.5, 0.6) is 0 Å². The maximum absolute atomic E-state index is 5.60. The molecule has 0 heterocycles. The van der Waals surface area contributed by atoms with Crippen LogP contribution >= 0.6 is 15.9 Å². The van der Waals surface area contributed by atoms with Crippen molar-refractivity contribution in [2.45, 2.75) is 34.1 Å². The van der Waals surface area contributed by atoms with Gasteiger partial charge in [-0.05, 0) is 17.8 Å². The zero-order valence-corrected chi connectivity index (χ0v) is 12.1. The second-order valence-electron chi connectivity index (χ2n) is 4.90. The van der Waals surface area contributed by atoms with E-state index < -0.39 is 0 Å². The lowest BCUT2D eigenvalue weighted by molar-refractivity contribution is 0.0195. The van der Waals surface area contributed by atoms with Crippen LogP contribution in [0.25, 0.3) is 0 Å². The van der Waals surface area contributed by atoms with Crippen molar-refractivity contribution in [1.82, 2.24) is 0 Å². The SMILES string of the molecule is CCCOCCOCC(CBr)C(C)(C)C. The Hall–Kier alpha value is 0.400.